The van der Waals surface area contributed by atoms with Crippen LogP contribution in [0, 0.1) is 6.92 Å². The van der Waals surface area contributed by atoms with E-state index in [9.17, 15) is 0 Å². The number of morpholine rings is 1. The number of fused-ring (bicyclic) bond motifs is 1. The summed E-state index contributed by atoms with van der Waals surface area (Å²) in [6, 6.07) is 2.44. The highest BCUT2D eigenvalue weighted by Crippen LogP contribution is 2.35. The fourth-order valence-electron chi connectivity index (χ4n) is 2.97. The largest absolute Gasteiger partial charge is 0.396 e. The van der Waals surface area contributed by atoms with Gasteiger partial charge in [0.1, 0.15) is 0 Å². The smallest absolute Gasteiger partial charge is 0.152 e. The molecule has 92 valence electrons. The highest BCUT2D eigenvalue weighted by molar-refractivity contribution is 5.67. The molecule has 1 aliphatic heterocycles. The number of hydrogen-bond acceptors (Lipinski definition) is 4. The molecule has 2 aliphatic rings. The van der Waals surface area contributed by atoms with Crippen molar-refractivity contribution < 1.29 is 4.74 Å². The fraction of sp³-hybridized carbons (Fsp3) is 0.615. The summed E-state index contributed by atoms with van der Waals surface area (Å²) in [6.07, 6.45) is 5.84. The Balaban J connectivity index is 1.94. The molecular weight excluding hydrogens is 214 g/mol. The molecule has 2 fully saturated rings. The van der Waals surface area contributed by atoms with Gasteiger partial charge in [0.25, 0.3) is 0 Å². The van der Waals surface area contributed by atoms with Crippen molar-refractivity contribution in [3.05, 3.63) is 17.8 Å². The number of nitrogens with zero attached hydrogens (tertiary/aromatic N) is 2. The van der Waals surface area contributed by atoms with Gasteiger partial charge in [0.15, 0.2) is 5.82 Å². The molecular formula is C13H19N3O. The quantitative estimate of drug-likeness (QED) is 0.802. The average Bonchev–Trinajstić information content (AvgIpc) is 2.81. The second kappa shape index (κ2) is 4.18. The van der Waals surface area contributed by atoms with Crippen LogP contribution in [0.25, 0.3) is 0 Å². The molecule has 1 saturated heterocycles. The van der Waals surface area contributed by atoms with Gasteiger partial charge in [0.2, 0.25) is 0 Å². The zero-order valence-electron chi connectivity index (χ0n) is 10.2. The van der Waals surface area contributed by atoms with Crippen LogP contribution in [0.4, 0.5) is 11.5 Å². The number of pyridine rings is 1. The summed E-state index contributed by atoms with van der Waals surface area (Å²) in [7, 11) is 0. The Morgan fingerprint density at radius 2 is 2.35 bits per heavy atom. The van der Waals surface area contributed by atoms with Crippen molar-refractivity contribution in [2.45, 2.75) is 38.3 Å². The lowest BCUT2D eigenvalue weighted by molar-refractivity contribution is 0.0254. The van der Waals surface area contributed by atoms with Crippen LogP contribution in [0.1, 0.15) is 24.8 Å². The molecule has 1 aromatic rings. The lowest BCUT2D eigenvalue weighted by Gasteiger charge is -2.39. The minimum absolute atomic E-state index is 0.380. The Morgan fingerprint density at radius 3 is 3.24 bits per heavy atom. The number of anilines is 2. The second-order valence-corrected chi connectivity index (χ2v) is 4.97. The summed E-state index contributed by atoms with van der Waals surface area (Å²) < 4.78 is 5.81. The number of nitrogen functional groups attached to an aromatic ring is 1. The number of nitrogens with two attached hydrogens (primary N) is 1. The molecule has 2 heterocycles. The number of aromatic nitrogens is 1. The molecule has 4 heteroatoms. The van der Waals surface area contributed by atoms with Crippen molar-refractivity contribution in [3.63, 3.8) is 0 Å². The van der Waals surface area contributed by atoms with Crippen LogP contribution in [-0.2, 0) is 4.74 Å². The van der Waals surface area contributed by atoms with E-state index in [-0.39, 0.29) is 0 Å². The maximum atomic E-state index is 6.15. The van der Waals surface area contributed by atoms with E-state index >= 15 is 0 Å². The normalized spacial score (nSPS) is 28.2. The predicted octanol–water partition coefficient (Wildman–Crippen LogP) is 1.73. The van der Waals surface area contributed by atoms with Crippen LogP contribution in [0.2, 0.25) is 0 Å². The second-order valence-electron chi connectivity index (χ2n) is 4.97. The molecule has 0 aromatic carbocycles. The van der Waals surface area contributed by atoms with E-state index in [2.05, 4.69) is 9.88 Å². The van der Waals surface area contributed by atoms with Crippen molar-refractivity contribution in [2.75, 3.05) is 23.8 Å². The monoisotopic (exact) mass is 233 g/mol. The van der Waals surface area contributed by atoms with Gasteiger partial charge in [-0.1, -0.05) is 0 Å². The Bertz CT molecular complexity index is 421. The molecule has 4 nitrogen and oxygen atoms in total. The Hall–Kier alpha value is -1.29. The lowest BCUT2D eigenvalue weighted by atomic mass is 10.1. The number of aryl methyl sites for hydroxylation is 1. The van der Waals surface area contributed by atoms with Crippen molar-refractivity contribution in [1.29, 1.82) is 0 Å². The van der Waals surface area contributed by atoms with Gasteiger partial charge < -0.3 is 15.4 Å². The highest BCUT2D eigenvalue weighted by Gasteiger charge is 2.37. The van der Waals surface area contributed by atoms with Crippen molar-refractivity contribution >= 4 is 11.5 Å². The minimum Gasteiger partial charge on any atom is -0.396 e. The average molecular weight is 233 g/mol. The summed E-state index contributed by atoms with van der Waals surface area (Å²) in [5, 5.41) is 0. The molecule has 2 unspecified atom stereocenters. The summed E-state index contributed by atoms with van der Waals surface area (Å²) in [5.74, 6) is 0.949. The van der Waals surface area contributed by atoms with Crippen LogP contribution in [0.5, 0.6) is 0 Å². The van der Waals surface area contributed by atoms with Crippen molar-refractivity contribution in [2.24, 2.45) is 0 Å². The first kappa shape index (κ1) is 10.8. The summed E-state index contributed by atoms with van der Waals surface area (Å²) in [6.45, 7) is 3.73. The van der Waals surface area contributed by atoms with Crippen LogP contribution >= 0.6 is 0 Å². The molecule has 0 spiro atoms. The topological polar surface area (TPSA) is 51.4 Å². The van der Waals surface area contributed by atoms with E-state index in [0.717, 1.165) is 30.2 Å². The molecule has 1 aromatic heterocycles. The Kier molecular flexibility index (Phi) is 2.67. The third kappa shape index (κ3) is 1.76. The zero-order chi connectivity index (χ0) is 11.8. The van der Waals surface area contributed by atoms with E-state index in [1.165, 1.54) is 19.3 Å². The van der Waals surface area contributed by atoms with Gasteiger partial charge in [-0.15, -0.1) is 0 Å². The van der Waals surface area contributed by atoms with Crippen LogP contribution in [0.3, 0.4) is 0 Å². The summed E-state index contributed by atoms with van der Waals surface area (Å²) in [4.78, 5) is 6.82. The zero-order valence-corrected chi connectivity index (χ0v) is 10.2. The van der Waals surface area contributed by atoms with Gasteiger partial charge in [-0.25, -0.2) is 4.98 Å². The van der Waals surface area contributed by atoms with Gasteiger partial charge in [0.05, 0.1) is 24.4 Å². The van der Waals surface area contributed by atoms with Gasteiger partial charge in [-0.2, -0.15) is 0 Å². The first-order valence-electron chi connectivity index (χ1n) is 6.36. The van der Waals surface area contributed by atoms with Crippen LogP contribution in [-0.4, -0.2) is 30.3 Å². The molecule has 0 bridgehead atoms. The minimum atomic E-state index is 0.380. The highest BCUT2D eigenvalue weighted by atomic mass is 16.5. The Labute approximate surface area is 102 Å². The van der Waals surface area contributed by atoms with Gasteiger partial charge in [-0.3, -0.25) is 0 Å². The van der Waals surface area contributed by atoms with E-state index in [0.29, 0.717) is 12.1 Å². The number of ether oxygens (including phenoxy) is 1. The number of rotatable bonds is 1. The fourth-order valence-corrected chi connectivity index (χ4v) is 2.97. The lowest BCUT2D eigenvalue weighted by Crippen LogP contribution is -2.49. The summed E-state index contributed by atoms with van der Waals surface area (Å²) >= 11 is 0. The number of hydrogen-bond donors (Lipinski definition) is 1. The molecule has 3 rings (SSSR count). The predicted molar refractivity (Wildman–Crippen MR) is 68.1 cm³/mol. The van der Waals surface area contributed by atoms with Gasteiger partial charge in [0, 0.05) is 12.7 Å². The van der Waals surface area contributed by atoms with Crippen molar-refractivity contribution in [1.82, 2.24) is 4.98 Å². The molecule has 17 heavy (non-hydrogen) atoms. The van der Waals surface area contributed by atoms with Crippen LogP contribution in [0.15, 0.2) is 12.3 Å². The molecule has 2 N–H and O–H groups in total. The van der Waals surface area contributed by atoms with Gasteiger partial charge >= 0.3 is 0 Å². The van der Waals surface area contributed by atoms with E-state index in [4.69, 9.17) is 10.5 Å². The van der Waals surface area contributed by atoms with E-state index in [1.54, 1.807) is 0 Å². The molecule has 1 saturated carbocycles. The standard InChI is InChI=1S/C13H19N3O/c1-9-5-6-15-13(12(9)14)16-7-8-17-11-4-2-3-10(11)16/h5-6,10-11H,2-4,7-8,14H2,1H3. The third-order valence-corrected chi connectivity index (χ3v) is 3.94. The van der Waals surface area contributed by atoms with E-state index in [1.807, 2.05) is 19.2 Å². The first-order chi connectivity index (χ1) is 8.27. The van der Waals surface area contributed by atoms with Gasteiger partial charge in [-0.05, 0) is 37.8 Å². The first-order valence-corrected chi connectivity index (χ1v) is 6.36. The summed E-state index contributed by atoms with van der Waals surface area (Å²) in [5.41, 5.74) is 8.08. The molecule has 2 atom stereocenters. The third-order valence-electron chi connectivity index (χ3n) is 3.94. The maximum Gasteiger partial charge on any atom is 0.152 e. The van der Waals surface area contributed by atoms with Crippen molar-refractivity contribution in [3.8, 4) is 0 Å². The molecule has 0 amide bonds. The Morgan fingerprint density at radius 1 is 1.47 bits per heavy atom. The SMILES string of the molecule is Cc1ccnc(N2CCOC3CCCC32)c1N. The maximum absolute atomic E-state index is 6.15. The molecule has 1 aliphatic carbocycles. The molecule has 0 radical (unpaired) electrons. The van der Waals surface area contributed by atoms with Crippen LogP contribution < -0.4 is 10.6 Å². The van der Waals surface area contributed by atoms with E-state index < -0.39 is 0 Å².